The molecule has 0 fully saturated rings. The lowest BCUT2D eigenvalue weighted by Gasteiger charge is -2.25. The van der Waals surface area contributed by atoms with Crippen molar-refractivity contribution in [1.29, 1.82) is 0 Å². The molecule has 1 aliphatic heterocycles. The number of nitrogens with two attached hydrogens (primary N) is 1. The first-order chi connectivity index (χ1) is 14.5. The van der Waals surface area contributed by atoms with E-state index in [0.29, 0.717) is 52.3 Å². The van der Waals surface area contributed by atoms with Gasteiger partial charge in [0.1, 0.15) is 17.3 Å². The lowest BCUT2D eigenvalue weighted by atomic mass is 9.98. The van der Waals surface area contributed by atoms with Crippen LogP contribution in [-0.4, -0.2) is 18.3 Å². The number of amides is 1. The van der Waals surface area contributed by atoms with Gasteiger partial charge < -0.3 is 15.2 Å². The number of rotatable bonds is 5. The van der Waals surface area contributed by atoms with Gasteiger partial charge in [-0.15, -0.1) is 0 Å². The third-order valence-corrected chi connectivity index (χ3v) is 5.16. The van der Waals surface area contributed by atoms with E-state index in [1.165, 1.54) is 6.07 Å². The Kier molecular flexibility index (Phi) is 5.23. The van der Waals surface area contributed by atoms with Crippen molar-refractivity contribution in [2.75, 3.05) is 6.61 Å². The van der Waals surface area contributed by atoms with E-state index in [4.69, 9.17) is 15.2 Å². The Bertz CT molecular complexity index is 1120. The molecule has 0 bridgehead atoms. The molecule has 0 spiro atoms. The lowest BCUT2D eigenvalue weighted by molar-refractivity contribution is 0.0931. The normalized spacial score (nSPS) is 13.9. The van der Waals surface area contributed by atoms with Gasteiger partial charge in [0, 0.05) is 23.1 Å². The molecular formula is C24H20FNO4. The number of carbonyl (C=O) groups is 2. The second-order valence-corrected chi connectivity index (χ2v) is 7.09. The fourth-order valence-corrected chi connectivity index (χ4v) is 3.54. The summed E-state index contributed by atoms with van der Waals surface area (Å²) in [6.07, 6.45) is -0.430. The van der Waals surface area contributed by atoms with Gasteiger partial charge in [-0.1, -0.05) is 30.3 Å². The summed E-state index contributed by atoms with van der Waals surface area (Å²) in [5.74, 6) is 0.0511. The van der Waals surface area contributed by atoms with Crippen LogP contribution in [0.15, 0.2) is 60.7 Å². The molecule has 4 rings (SSSR count). The Balaban J connectivity index is 1.77. The van der Waals surface area contributed by atoms with Crippen molar-refractivity contribution >= 4 is 11.7 Å². The molecule has 2 N–H and O–H groups in total. The summed E-state index contributed by atoms with van der Waals surface area (Å²) >= 11 is 0. The van der Waals surface area contributed by atoms with Gasteiger partial charge in [-0.05, 0) is 42.8 Å². The number of primary amides is 1. The zero-order chi connectivity index (χ0) is 21.3. The van der Waals surface area contributed by atoms with Crippen LogP contribution >= 0.6 is 0 Å². The number of benzene rings is 3. The average Bonchev–Trinajstić information content (AvgIpc) is 2.75. The van der Waals surface area contributed by atoms with Gasteiger partial charge in [0.15, 0.2) is 11.9 Å². The van der Waals surface area contributed by atoms with Gasteiger partial charge in [0.25, 0.3) is 0 Å². The molecule has 5 nitrogen and oxygen atoms in total. The molecule has 0 unspecified atom stereocenters. The second kappa shape index (κ2) is 7.99. The number of ketones is 1. The number of ether oxygens (including phenoxy) is 2. The van der Waals surface area contributed by atoms with Crippen LogP contribution in [0.25, 0.3) is 0 Å². The predicted octanol–water partition coefficient (Wildman–Crippen LogP) is 4.37. The SMILES string of the molecule is Cc1c(O[C@@H](c2ccc(C(N)=O)cc2)c2ccccc2F)ccc2c1OCCC2=O. The number of carbonyl (C=O) groups excluding carboxylic acids is 2. The van der Waals surface area contributed by atoms with Crippen molar-refractivity contribution in [3.8, 4) is 11.5 Å². The van der Waals surface area contributed by atoms with E-state index in [1.54, 1.807) is 61.5 Å². The molecule has 0 aromatic heterocycles. The minimum atomic E-state index is -0.774. The summed E-state index contributed by atoms with van der Waals surface area (Å²) in [6, 6.07) is 16.3. The Labute approximate surface area is 173 Å². The number of hydrogen-bond acceptors (Lipinski definition) is 4. The molecule has 1 aliphatic rings. The van der Waals surface area contributed by atoms with Crippen LogP contribution in [0.2, 0.25) is 0 Å². The zero-order valence-corrected chi connectivity index (χ0v) is 16.4. The van der Waals surface area contributed by atoms with E-state index in [0.717, 1.165) is 0 Å². The molecule has 3 aromatic rings. The maximum Gasteiger partial charge on any atom is 0.248 e. The minimum Gasteiger partial charge on any atom is -0.492 e. The van der Waals surface area contributed by atoms with Crippen molar-refractivity contribution in [2.24, 2.45) is 5.73 Å². The summed E-state index contributed by atoms with van der Waals surface area (Å²) in [5.41, 5.74) is 7.87. The van der Waals surface area contributed by atoms with Crippen LogP contribution in [0.4, 0.5) is 4.39 Å². The molecule has 152 valence electrons. The number of halogens is 1. The quantitative estimate of drug-likeness (QED) is 0.684. The van der Waals surface area contributed by atoms with Gasteiger partial charge >= 0.3 is 0 Å². The molecule has 0 saturated carbocycles. The molecule has 0 saturated heterocycles. The molecular weight excluding hydrogens is 385 g/mol. The molecule has 1 heterocycles. The second-order valence-electron chi connectivity index (χ2n) is 7.09. The summed E-state index contributed by atoms with van der Waals surface area (Å²) in [7, 11) is 0. The van der Waals surface area contributed by atoms with Crippen molar-refractivity contribution in [3.05, 3.63) is 94.3 Å². The molecule has 0 radical (unpaired) electrons. The summed E-state index contributed by atoms with van der Waals surface area (Å²) in [5, 5.41) is 0. The van der Waals surface area contributed by atoms with E-state index in [1.807, 2.05) is 0 Å². The van der Waals surface area contributed by atoms with E-state index >= 15 is 0 Å². The Hall–Kier alpha value is -3.67. The van der Waals surface area contributed by atoms with Gasteiger partial charge in [0.05, 0.1) is 12.2 Å². The first-order valence-electron chi connectivity index (χ1n) is 9.56. The Morgan fingerprint density at radius 1 is 1.10 bits per heavy atom. The van der Waals surface area contributed by atoms with Crippen LogP contribution in [0.1, 0.15) is 49.9 Å². The van der Waals surface area contributed by atoms with Crippen molar-refractivity contribution in [2.45, 2.75) is 19.4 Å². The first kappa shape index (κ1) is 19.6. The standard InChI is InChI=1S/C24H20FNO4/c1-14-21(11-10-18-20(27)12-13-29-22(14)18)30-23(17-4-2-3-5-19(17)25)15-6-8-16(9-7-15)24(26)28/h2-11,23H,12-13H2,1H3,(H2,26,28)/t23-/m0/s1. The minimum absolute atomic E-state index is 0.0265. The van der Waals surface area contributed by atoms with Crippen LogP contribution < -0.4 is 15.2 Å². The van der Waals surface area contributed by atoms with Crippen LogP contribution in [0.3, 0.4) is 0 Å². The first-order valence-corrected chi connectivity index (χ1v) is 9.56. The van der Waals surface area contributed by atoms with Gasteiger partial charge in [-0.2, -0.15) is 0 Å². The molecule has 3 aromatic carbocycles. The predicted molar refractivity (Wildman–Crippen MR) is 109 cm³/mol. The van der Waals surface area contributed by atoms with Crippen molar-refractivity contribution < 1.29 is 23.5 Å². The van der Waals surface area contributed by atoms with Crippen LogP contribution in [0.5, 0.6) is 11.5 Å². The molecule has 0 aliphatic carbocycles. The summed E-state index contributed by atoms with van der Waals surface area (Å²) in [4.78, 5) is 23.5. The van der Waals surface area contributed by atoms with Crippen LogP contribution in [0, 0.1) is 12.7 Å². The van der Waals surface area contributed by atoms with Crippen LogP contribution in [-0.2, 0) is 0 Å². The molecule has 1 atom stereocenters. The maximum absolute atomic E-state index is 14.6. The van der Waals surface area contributed by atoms with Crippen molar-refractivity contribution in [3.63, 3.8) is 0 Å². The summed E-state index contributed by atoms with van der Waals surface area (Å²) < 4.78 is 26.6. The average molecular weight is 405 g/mol. The third kappa shape index (κ3) is 3.64. The highest BCUT2D eigenvalue weighted by Gasteiger charge is 2.25. The van der Waals surface area contributed by atoms with Gasteiger partial charge in [0.2, 0.25) is 5.91 Å². The summed E-state index contributed by atoms with van der Waals surface area (Å²) in [6.45, 7) is 2.13. The van der Waals surface area contributed by atoms with Crippen molar-refractivity contribution in [1.82, 2.24) is 0 Å². The number of Topliss-reactive ketones (excluding diaryl/α,β-unsaturated/α-hetero) is 1. The van der Waals surface area contributed by atoms with E-state index in [2.05, 4.69) is 0 Å². The number of hydrogen-bond donors (Lipinski definition) is 1. The largest absolute Gasteiger partial charge is 0.492 e. The highest BCUT2D eigenvalue weighted by atomic mass is 19.1. The fraction of sp³-hybridized carbons (Fsp3) is 0.167. The molecule has 1 amide bonds. The third-order valence-electron chi connectivity index (χ3n) is 5.16. The topological polar surface area (TPSA) is 78.6 Å². The molecule has 30 heavy (non-hydrogen) atoms. The number of fused-ring (bicyclic) bond motifs is 1. The Morgan fingerprint density at radius 3 is 2.53 bits per heavy atom. The Morgan fingerprint density at radius 2 is 1.83 bits per heavy atom. The lowest BCUT2D eigenvalue weighted by Crippen LogP contribution is -2.17. The zero-order valence-electron chi connectivity index (χ0n) is 16.4. The smallest absolute Gasteiger partial charge is 0.248 e. The van der Waals surface area contributed by atoms with E-state index in [9.17, 15) is 14.0 Å². The van der Waals surface area contributed by atoms with Gasteiger partial charge in [-0.3, -0.25) is 9.59 Å². The monoisotopic (exact) mass is 405 g/mol. The highest BCUT2D eigenvalue weighted by molar-refractivity contribution is 6.00. The van der Waals surface area contributed by atoms with E-state index in [-0.39, 0.29) is 5.78 Å². The van der Waals surface area contributed by atoms with Gasteiger partial charge in [-0.25, -0.2) is 4.39 Å². The fourth-order valence-electron chi connectivity index (χ4n) is 3.54. The highest BCUT2D eigenvalue weighted by Crippen LogP contribution is 2.38. The van der Waals surface area contributed by atoms with E-state index < -0.39 is 17.8 Å². The maximum atomic E-state index is 14.6. The molecule has 6 heteroatoms.